The highest BCUT2D eigenvalue weighted by atomic mass is 16.6. The lowest BCUT2D eigenvalue weighted by Crippen LogP contribution is -2.30. The molecule has 6 nitrogen and oxygen atoms in total. The van der Waals surface area contributed by atoms with Crippen LogP contribution >= 0.6 is 0 Å². The van der Waals surface area contributed by atoms with Crippen molar-refractivity contribution in [1.29, 1.82) is 0 Å². The fourth-order valence-electron chi connectivity index (χ4n) is 8.05. The molecule has 6 heteroatoms. The molecule has 1 atom stereocenters. The number of esters is 3. The van der Waals surface area contributed by atoms with Crippen LogP contribution in [-0.4, -0.2) is 37.2 Å². The molecule has 0 aliphatic rings. The minimum atomic E-state index is -0.807. The lowest BCUT2D eigenvalue weighted by atomic mass is 10.1. The highest BCUT2D eigenvalue weighted by Gasteiger charge is 2.19. The van der Waals surface area contributed by atoms with Crippen molar-refractivity contribution in [2.75, 3.05) is 13.2 Å². The smallest absolute Gasteiger partial charge is 0.306 e. The summed E-state index contributed by atoms with van der Waals surface area (Å²) in [4.78, 5) is 38.3. The standard InChI is InChI=1S/C67H110O6/c1-4-7-10-13-16-19-22-25-28-31-34-37-39-42-45-48-51-54-57-60-66(69)72-63-64(73-67(70)61-58-55-52-49-46-43-40-36-33-30-27-24-21-18-15-12-9-6-3)62-71-65(68)59-56-53-50-47-44-41-38-35-32-29-26-23-20-17-14-11-8-5-2/h16-27,29-30,32-33,35-36,38,40,64H,4-15,28,31,34,37,39,41-63H2,1-3H3/b19-16-,20-17-,21-18-,25-22-,26-23-,27-24-,32-29-,33-30-,38-35-,40-36-. The number of ether oxygens (including phenoxy) is 3. The summed E-state index contributed by atoms with van der Waals surface area (Å²) in [6.45, 7) is 6.50. The van der Waals surface area contributed by atoms with Crippen LogP contribution in [0.1, 0.15) is 265 Å². The maximum Gasteiger partial charge on any atom is 0.306 e. The van der Waals surface area contributed by atoms with Gasteiger partial charge in [-0.3, -0.25) is 14.4 Å². The minimum absolute atomic E-state index is 0.100. The molecule has 0 aromatic heterocycles. The van der Waals surface area contributed by atoms with Gasteiger partial charge in [-0.25, -0.2) is 0 Å². The fourth-order valence-corrected chi connectivity index (χ4v) is 8.05. The summed E-state index contributed by atoms with van der Waals surface area (Å²) < 4.78 is 16.9. The highest BCUT2D eigenvalue weighted by molar-refractivity contribution is 5.71. The number of rotatable bonds is 53. The van der Waals surface area contributed by atoms with Gasteiger partial charge in [0.15, 0.2) is 6.10 Å². The third-order valence-electron chi connectivity index (χ3n) is 12.6. The molecule has 0 saturated carbocycles. The summed E-state index contributed by atoms with van der Waals surface area (Å²) >= 11 is 0. The Bertz CT molecular complexity index is 1540. The van der Waals surface area contributed by atoms with Crippen LogP contribution in [0.5, 0.6) is 0 Å². The molecular weight excluding hydrogens is 901 g/mol. The van der Waals surface area contributed by atoms with E-state index in [0.717, 1.165) is 109 Å². The normalized spacial score (nSPS) is 13.0. The Morgan fingerprint density at radius 1 is 0.274 bits per heavy atom. The molecule has 0 radical (unpaired) electrons. The number of carbonyl (C=O) groups is 3. The Morgan fingerprint density at radius 3 is 0.781 bits per heavy atom. The van der Waals surface area contributed by atoms with E-state index in [1.165, 1.54) is 116 Å². The van der Waals surface area contributed by atoms with E-state index in [0.29, 0.717) is 19.3 Å². The third-order valence-corrected chi connectivity index (χ3v) is 12.6. The van der Waals surface area contributed by atoms with E-state index in [1.54, 1.807) is 0 Å². The first-order valence-corrected chi connectivity index (χ1v) is 30.2. The number of allylic oxidation sites excluding steroid dienone is 20. The Morgan fingerprint density at radius 2 is 0.493 bits per heavy atom. The number of hydrogen-bond donors (Lipinski definition) is 0. The van der Waals surface area contributed by atoms with Crippen LogP contribution in [0, 0.1) is 0 Å². The highest BCUT2D eigenvalue weighted by Crippen LogP contribution is 2.15. The summed E-state index contributed by atoms with van der Waals surface area (Å²) in [5.41, 5.74) is 0. The molecule has 1 unspecified atom stereocenters. The molecule has 0 fully saturated rings. The van der Waals surface area contributed by atoms with Gasteiger partial charge in [0.25, 0.3) is 0 Å². The van der Waals surface area contributed by atoms with Crippen molar-refractivity contribution >= 4 is 17.9 Å². The SMILES string of the molecule is CCCCC\C=C/C=C\C=C/C=C\CCCCCCCC(=O)OCC(COC(=O)CCCCCCCCCCCC/C=C\C=C/CCCCC)OC(=O)CCCCCCC\C=C/C=C\C=C/C=C\CCCCC. The van der Waals surface area contributed by atoms with E-state index < -0.39 is 6.10 Å². The number of hydrogen-bond acceptors (Lipinski definition) is 6. The van der Waals surface area contributed by atoms with E-state index in [4.69, 9.17) is 14.2 Å². The average molecular weight is 1010 g/mol. The zero-order chi connectivity index (χ0) is 52.9. The van der Waals surface area contributed by atoms with Gasteiger partial charge in [0, 0.05) is 19.3 Å². The van der Waals surface area contributed by atoms with Gasteiger partial charge in [-0.15, -0.1) is 0 Å². The van der Waals surface area contributed by atoms with E-state index in [-0.39, 0.29) is 31.1 Å². The number of carbonyl (C=O) groups excluding carboxylic acids is 3. The monoisotopic (exact) mass is 1010 g/mol. The zero-order valence-corrected chi connectivity index (χ0v) is 47.4. The molecule has 0 amide bonds. The predicted molar refractivity (Wildman–Crippen MR) is 316 cm³/mol. The topological polar surface area (TPSA) is 78.9 Å². The Kier molecular flexibility index (Phi) is 56.9. The fraction of sp³-hybridized carbons (Fsp3) is 0.657. The van der Waals surface area contributed by atoms with Gasteiger partial charge in [-0.2, -0.15) is 0 Å². The molecule has 0 saturated heterocycles. The molecule has 0 aliphatic carbocycles. The van der Waals surface area contributed by atoms with Crippen LogP contribution in [0.3, 0.4) is 0 Å². The van der Waals surface area contributed by atoms with Crippen molar-refractivity contribution < 1.29 is 28.6 Å². The second-order valence-electron chi connectivity index (χ2n) is 19.8. The Hall–Kier alpha value is -4.19. The summed E-state index contributed by atoms with van der Waals surface area (Å²) in [5, 5.41) is 0. The quantitative estimate of drug-likeness (QED) is 0.0261. The summed E-state index contributed by atoms with van der Waals surface area (Å²) in [6.07, 6.45) is 83.1. The molecule has 0 aromatic carbocycles. The zero-order valence-electron chi connectivity index (χ0n) is 47.4. The lowest BCUT2D eigenvalue weighted by molar-refractivity contribution is -0.167. The maximum absolute atomic E-state index is 12.9. The van der Waals surface area contributed by atoms with Gasteiger partial charge in [0.1, 0.15) is 13.2 Å². The van der Waals surface area contributed by atoms with Crippen molar-refractivity contribution in [2.24, 2.45) is 0 Å². The Balaban J connectivity index is 4.51. The molecule has 0 N–H and O–H groups in total. The van der Waals surface area contributed by atoms with Crippen LogP contribution in [0.25, 0.3) is 0 Å². The van der Waals surface area contributed by atoms with Crippen molar-refractivity contribution in [1.82, 2.24) is 0 Å². The summed E-state index contributed by atoms with van der Waals surface area (Å²) in [7, 11) is 0. The van der Waals surface area contributed by atoms with Crippen LogP contribution in [0.4, 0.5) is 0 Å². The van der Waals surface area contributed by atoms with E-state index >= 15 is 0 Å². The van der Waals surface area contributed by atoms with Crippen molar-refractivity contribution in [3.05, 3.63) is 122 Å². The van der Waals surface area contributed by atoms with Gasteiger partial charge in [-0.1, -0.05) is 271 Å². The molecule has 73 heavy (non-hydrogen) atoms. The van der Waals surface area contributed by atoms with Crippen molar-refractivity contribution in [2.45, 2.75) is 271 Å². The van der Waals surface area contributed by atoms with Gasteiger partial charge >= 0.3 is 17.9 Å². The third kappa shape index (κ3) is 58.6. The van der Waals surface area contributed by atoms with Gasteiger partial charge < -0.3 is 14.2 Å². The minimum Gasteiger partial charge on any atom is -0.462 e. The largest absolute Gasteiger partial charge is 0.462 e. The van der Waals surface area contributed by atoms with Crippen LogP contribution < -0.4 is 0 Å². The van der Waals surface area contributed by atoms with Crippen LogP contribution in [-0.2, 0) is 28.6 Å². The second kappa shape index (κ2) is 60.4. The Labute approximate surface area is 450 Å². The van der Waals surface area contributed by atoms with Crippen LogP contribution in [0.15, 0.2) is 122 Å². The van der Waals surface area contributed by atoms with E-state index in [1.807, 2.05) is 0 Å². The van der Waals surface area contributed by atoms with E-state index in [2.05, 4.69) is 142 Å². The number of unbranched alkanes of at least 4 members (excludes halogenated alkanes) is 29. The second-order valence-corrected chi connectivity index (χ2v) is 19.8. The molecule has 0 aromatic rings. The molecule has 0 rings (SSSR count). The molecule has 0 aliphatic heterocycles. The van der Waals surface area contributed by atoms with Crippen molar-refractivity contribution in [3.8, 4) is 0 Å². The molecule has 0 bridgehead atoms. The first-order valence-electron chi connectivity index (χ1n) is 30.2. The molecule has 414 valence electrons. The molecular formula is C67H110O6. The summed E-state index contributed by atoms with van der Waals surface area (Å²) in [5.74, 6) is -0.948. The lowest BCUT2D eigenvalue weighted by Gasteiger charge is -2.18. The molecule has 0 spiro atoms. The molecule has 0 heterocycles. The first-order chi connectivity index (χ1) is 36.0. The van der Waals surface area contributed by atoms with Gasteiger partial charge in [-0.05, 0) is 96.3 Å². The van der Waals surface area contributed by atoms with Gasteiger partial charge in [0.2, 0.25) is 0 Å². The average Bonchev–Trinajstić information content (AvgIpc) is 3.39. The van der Waals surface area contributed by atoms with Gasteiger partial charge in [0.05, 0.1) is 0 Å². The predicted octanol–water partition coefficient (Wildman–Crippen LogP) is 20.4. The maximum atomic E-state index is 12.9. The summed E-state index contributed by atoms with van der Waals surface area (Å²) in [6, 6.07) is 0. The van der Waals surface area contributed by atoms with Crippen molar-refractivity contribution in [3.63, 3.8) is 0 Å². The first kappa shape index (κ1) is 68.8. The van der Waals surface area contributed by atoms with Crippen LogP contribution in [0.2, 0.25) is 0 Å². The van der Waals surface area contributed by atoms with E-state index in [9.17, 15) is 14.4 Å².